The van der Waals surface area contributed by atoms with Crippen molar-refractivity contribution in [1.29, 1.82) is 0 Å². The van der Waals surface area contributed by atoms with Crippen molar-refractivity contribution in [2.24, 2.45) is 0 Å². The standard InChI is InChI=1S/C28H28N2O5/c1-17(18-10-12-26(34-4)27(14-18)35-5)29-28(31)21-16-24(30-23-9-7-6-8-20(21)23)22-15-19(32-2)11-13-25(22)33-3/h6-17H,1-5H3,(H,29,31)/t17-/m1/s1. The molecule has 1 atom stereocenters. The van der Waals surface area contributed by atoms with Crippen LogP contribution in [-0.2, 0) is 0 Å². The minimum atomic E-state index is -0.274. The molecule has 7 heteroatoms. The second-order valence-electron chi connectivity index (χ2n) is 7.95. The van der Waals surface area contributed by atoms with Crippen molar-refractivity contribution < 1.29 is 23.7 Å². The van der Waals surface area contributed by atoms with Crippen LogP contribution in [0, 0.1) is 0 Å². The van der Waals surface area contributed by atoms with Gasteiger partial charge in [0.2, 0.25) is 0 Å². The van der Waals surface area contributed by atoms with E-state index in [0.717, 1.165) is 16.5 Å². The van der Waals surface area contributed by atoms with Gasteiger partial charge in [0.05, 0.1) is 51.3 Å². The van der Waals surface area contributed by atoms with E-state index in [9.17, 15) is 4.79 Å². The number of aromatic nitrogens is 1. The summed E-state index contributed by atoms with van der Waals surface area (Å²) in [5.41, 5.74) is 3.47. The normalized spacial score (nSPS) is 11.6. The quantitative estimate of drug-likeness (QED) is 0.369. The van der Waals surface area contributed by atoms with Gasteiger partial charge in [0.25, 0.3) is 5.91 Å². The summed E-state index contributed by atoms with van der Waals surface area (Å²) in [6.07, 6.45) is 0. The maximum Gasteiger partial charge on any atom is 0.252 e. The molecular formula is C28H28N2O5. The van der Waals surface area contributed by atoms with Crippen LogP contribution in [0.1, 0.15) is 28.9 Å². The molecule has 0 unspecified atom stereocenters. The molecule has 0 bridgehead atoms. The third-order valence-electron chi connectivity index (χ3n) is 5.90. The second kappa shape index (κ2) is 10.3. The van der Waals surface area contributed by atoms with Crippen molar-refractivity contribution in [2.75, 3.05) is 28.4 Å². The average Bonchev–Trinajstić information content (AvgIpc) is 2.91. The van der Waals surface area contributed by atoms with Crippen LogP contribution in [0.2, 0.25) is 0 Å². The van der Waals surface area contributed by atoms with Gasteiger partial charge in [0.15, 0.2) is 11.5 Å². The van der Waals surface area contributed by atoms with E-state index in [-0.39, 0.29) is 11.9 Å². The number of methoxy groups -OCH3 is 4. The molecule has 0 aliphatic rings. The number of nitrogens with one attached hydrogen (secondary N) is 1. The van der Waals surface area contributed by atoms with E-state index in [0.29, 0.717) is 39.8 Å². The predicted octanol–water partition coefficient (Wildman–Crippen LogP) is 5.43. The van der Waals surface area contributed by atoms with Crippen LogP contribution < -0.4 is 24.3 Å². The molecule has 3 aromatic carbocycles. The van der Waals surface area contributed by atoms with Gasteiger partial charge in [-0.25, -0.2) is 4.98 Å². The summed E-state index contributed by atoms with van der Waals surface area (Å²) < 4.78 is 21.7. The Morgan fingerprint density at radius 3 is 2.23 bits per heavy atom. The third-order valence-corrected chi connectivity index (χ3v) is 5.90. The zero-order valence-corrected chi connectivity index (χ0v) is 20.4. The lowest BCUT2D eigenvalue weighted by molar-refractivity contribution is 0.0941. The fourth-order valence-electron chi connectivity index (χ4n) is 4.00. The lowest BCUT2D eigenvalue weighted by atomic mass is 10.0. The molecule has 0 aliphatic heterocycles. The zero-order valence-electron chi connectivity index (χ0n) is 20.4. The van der Waals surface area contributed by atoms with Gasteiger partial charge in [-0.1, -0.05) is 24.3 Å². The molecule has 0 saturated carbocycles. The first kappa shape index (κ1) is 23.9. The number of hydrogen-bond donors (Lipinski definition) is 1. The highest BCUT2D eigenvalue weighted by Gasteiger charge is 2.19. The van der Waals surface area contributed by atoms with Crippen LogP contribution in [0.25, 0.3) is 22.2 Å². The number of para-hydroxylation sites is 1. The van der Waals surface area contributed by atoms with Gasteiger partial charge < -0.3 is 24.3 Å². The van der Waals surface area contributed by atoms with Gasteiger partial charge in [-0.2, -0.15) is 0 Å². The van der Waals surface area contributed by atoms with E-state index < -0.39 is 0 Å². The molecule has 7 nitrogen and oxygen atoms in total. The van der Waals surface area contributed by atoms with Crippen molar-refractivity contribution >= 4 is 16.8 Å². The maximum absolute atomic E-state index is 13.5. The van der Waals surface area contributed by atoms with Gasteiger partial charge in [0, 0.05) is 10.9 Å². The Labute approximate surface area is 204 Å². The minimum absolute atomic E-state index is 0.214. The Morgan fingerprint density at radius 2 is 1.51 bits per heavy atom. The van der Waals surface area contributed by atoms with Crippen LogP contribution >= 0.6 is 0 Å². The fourth-order valence-corrected chi connectivity index (χ4v) is 4.00. The highest BCUT2D eigenvalue weighted by Crippen LogP contribution is 2.35. The van der Waals surface area contributed by atoms with Crippen LogP contribution in [0.4, 0.5) is 0 Å². The number of amides is 1. The molecule has 0 fully saturated rings. The molecule has 180 valence electrons. The van der Waals surface area contributed by atoms with Gasteiger partial charge in [-0.05, 0) is 55.0 Å². The number of ether oxygens (including phenoxy) is 4. The van der Waals surface area contributed by atoms with E-state index in [1.54, 1.807) is 34.5 Å². The number of nitrogens with zero attached hydrogens (tertiary/aromatic N) is 1. The number of carbonyl (C=O) groups is 1. The summed E-state index contributed by atoms with van der Waals surface area (Å²) in [5, 5.41) is 3.86. The number of hydrogen-bond acceptors (Lipinski definition) is 6. The van der Waals surface area contributed by atoms with Gasteiger partial charge in [0.1, 0.15) is 11.5 Å². The first-order valence-electron chi connectivity index (χ1n) is 11.1. The largest absolute Gasteiger partial charge is 0.497 e. The highest BCUT2D eigenvalue weighted by molar-refractivity contribution is 6.07. The van der Waals surface area contributed by atoms with Crippen molar-refractivity contribution in [1.82, 2.24) is 10.3 Å². The lowest BCUT2D eigenvalue weighted by Crippen LogP contribution is -2.27. The van der Waals surface area contributed by atoms with Crippen LogP contribution in [0.15, 0.2) is 66.7 Å². The Hall–Kier alpha value is -4.26. The Kier molecular flexibility index (Phi) is 7.06. The molecule has 4 aromatic rings. The fraction of sp³-hybridized carbons (Fsp3) is 0.214. The average molecular weight is 473 g/mol. The summed E-state index contributed by atoms with van der Waals surface area (Å²) in [6, 6.07) is 20.2. The topological polar surface area (TPSA) is 78.9 Å². The monoisotopic (exact) mass is 472 g/mol. The summed E-state index contributed by atoms with van der Waals surface area (Å²) in [5.74, 6) is 2.33. The highest BCUT2D eigenvalue weighted by atomic mass is 16.5. The molecule has 0 aliphatic carbocycles. The molecule has 1 aromatic heterocycles. The molecule has 1 heterocycles. The zero-order chi connectivity index (χ0) is 24.9. The molecule has 4 rings (SSSR count). The van der Waals surface area contributed by atoms with Crippen LogP contribution in [0.5, 0.6) is 23.0 Å². The Balaban J connectivity index is 1.74. The van der Waals surface area contributed by atoms with Crippen LogP contribution in [0.3, 0.4) is 0 Å². The van der Waals surface area contributed by atoms with E-state index in [1.165, 1.54) is 0 Å². The Morgan fingerprint density at radius 1 is 0.800 bits per heavy atom. The van der Waals surface area contributed by atoms with Crippen molar-refractivity contribution in [2.45, 2.75) is 13.0 Å². The van der Waals surface area contributed by atoms with E-state index in [2.05, 4.69) is 5.32 Å². The van der Waals surface area contributed by atoms with Gasteiger partial charge >= 0.3 is 0 Å². The van der Waals surface area contributed by atoms with Crippen LogP contribution in [-0.4, -0.2) is 39.3 Å². The molecule has 1 amide bonds. The first-order chi connectivity index (χ1) is 17.0. The van der Waals surface area contributed by atoms with Gasteiger partial charge in [-0.15, -0.1) is 0 Å². The molecule has 0 radical (unpaired) electrons. The number of carbonyl (C=O) groups excluding carboxylic acids is 1. The molecule has 35 heavy (non-hydrogen) atoms. The predicted molar refractivity (Wildman–Crippen MR) is 136 cm³/mol. The number of fused-ring (bicyclic) bond motifs is 1. The lowest BCUT2D eigenvalue weighted by Gasteiger charge is -2.18. The molecule has 0 spiro atoms. The van der Waals surface area contributed by atoms with E-state index in [1.807, 2.05) is 67.6 Å². The smallest absolute Gasteiger partial charge is 0.252 e. The van der Waals surface area contributed by atoms with Crippen molar-refractivity contribution in [3.63, 3.8) is 0 Å². The number of pyridine rings is 1. The van der Waals surface area contributed by atoms with Crippen molar-refractivity contribution in [3.8, 4) is 34.3 Å². The molecular weight excluding hydrogens is 444 g/mol. The van der Waals surface area contributed by atoms with Gasteiger partial charge in [-0.3, -0.25) is 4.79 Å². The Bertz CT molecular complexity index is 1370. The minimum Gasteiger partial charge on any atom is -0.497 e. The number of benzene rings is 3. The first-order valence-corrected chi connectivity index (χ1v) is 11.1. The molecule has 0 saturated heterocycles. The second-order valence-corrected chi connectivity index (χ2v) is 7.95. The number of rotatable bonds is 8. The maximum atomic E-state index is 13.5. The summed E-state index contributed by atoms with van der Waals surface area (Å²) in [4.78, 5) is 18.3. The van der Waals surface area contributed by atoms with E-state index in [4.69, 9.17) is 23.9 Å². The molecule has 1 N–H and O–H groups in total. The van der Waals surface area contributed by atoms with E-state index >= 15 is 0 Å². The SMILES string of the molecule is COc1ccc(OC)c(-c2cc(C(=O)N[C@H](C)c3ccc(OC)c(OC)c3)c3ccccc3n2)c1. The van der Waals surface area contributed by atoms with Crippen molar-refractivity contribution in [3.05, 3.63) is 77.9 Å². The summed E-state index contributed by atoms with van der Waals surface area (Å²) >= 11 is 0. The summed E-state index contributed by atoms with van der Waals surface area (Å²) in [7, 11) is 6.38. The summed E-state index contributed by atoms with van der Waals surface area (Å²) in [6.45, 7) is 1.93. The third kappa shape index (κ3) is 4.84.